The molecule has 2 N–H and O–H groups in total. The number of halogens is 1. The molecule has 3 rings (SSSR count). The molecule has 3 nitrogen and oxygen atoms in total. The molecule has 0 fully saturated rings. The summed E-state index contributed by atoms with van der Waals surface area (Å²) in [5.41, 5.74) is 3.25. The summed E-state index contributed by atoms with van der Waals surface area (Å²) in [7, 11) is 0. The van der Waals surface area contributed by atoms with Crippen LogP contribution >= 0.6 is 0 Å². The van der Waals surface area contributed by atoms with Crippen LogP contribution in [0.25, 0.3) is 0 Å². The van der Waals surface area contributed by atoms with E-state index in [0.717, 1.165) is 12.8 Å². The Morgan fingerprint density at radius 3 is 2.71 bits per heavy atom. The van der Waals surface area contributed by atoms with Crippen LogP contribution in [0.1, 0.15) is 23.6 Å². The fourth-order valence-corrected chi connectivity index (χ4v) is 2.72. The topological polar surface area (TPSA) is 41.1 Å². The predicted octanol–water partition coefficient (Wildman–Crippen LogP) is 3.04. The summed E-state index contributed by atoms with van der Waals surface area (Å²) in [6, 6.07) is 14.3. The molecule has 108 valence electrons. The maximum Gasteiger partial charge on any atom is 0.238 e. The van der Waals surface area contributed by atoms with Crippen molar-refractivity contribution in [3.63, 3.8) is 0 Å². The number of aryl methyl sites for hydroxylation is 1. The largest absolute Gasteiger partial charge is 0.325 e. The summed E-state index contributed by atoms with van der Waals surface area (Å²) in [5, 5.41) is 6.03. The molecule has 4 heteroatoms. The third-order valence-electron chi connectivity index (χ3n) is 3.77. The van der Waals surface area contributed by atoms with E-state index in [0.29, 0.717) is 5.69 Å². The second-order valence-corrected chi connectivity index (χ2v) is 5.23. The number of amides is 1. The zero-order valence-corrected chi connectivity index (χ0v) is 11.6. The van der Waals surface area contributed by atoms with E-state index in [1.54, 1.807) is 12.1 Å². The summed E-state index contributed by atoms with van der Waals surface area (Å²) in [6.07, 6.45) is 2.07. The van der Waals surface area contributed by atoms with Gasteiger partial charge in [-0.15, -0.1) is 0 Å². The molecule has 0 radical (unpaired) electrons. The molecular weight excluding hydrogens is 267 g/mol. The molecule has 0 saturated carbocycles. The van der Waals surface area contributed by atoms with Gasteiger partial charge in [0.15, 0.2) is 0 Å². The molecule has 1 atom stereocenters. The fraction of sp³-hybridized carbons (Fsp3) is 0.235. The van der Waals surface area contributed by atoms with E-state index in [1.807, 2.05) is 12.1 Å². The zero-order chi connectivity index (χ0) is 14.7. The minimum Gasteiger partial charge on any atom is -0.325 e. The third-order valence-corrected chi connectivity index (χ3v) is 3.77. The van der Waals surface area contributed by atoms with Crippen molar-refractivity contribution in [1.29, 1.82) is 0 Å². The van der Waals surface area contributed by atoms with Crippen LogP contribution in [0.4, 0.5) is 10.1 Å². The Labute approximate surface area is 123 Å². The molecule has 0 bridgehead atoms. The van der Waals surface area contributed by atoms with Gasteiger partial charge < -0.3 is 10.6 Å². The number of rotatable bonds is 4. The first-order valence-electron chi connectivity index (χ1n) is 7.09. The van der Waals surface area contributed by atoms with Gasteiger partial charge in [0.05, 0.1) is 6.54 Å². The van der Waals surface area contributed by atoms with Crippen molar-refractivity contribution >= 4 is 11.6 Å². The first kappa shape index (κ1) is 13.8. The molecular formula is C17H17FN2O. The fourth-order valence-electron chi connectivity index (χ4n) is 2.72. The van der Waals surface area contributed by atoms with Crippen LogP contribution in [-0.4, -0.2) is 12.5 Å². The van der Waals surface area contributed by atoms with Crippen molar-refractivity contribution in [3.05, 3.63) is 65.5 Å². The third kappa shape index (κ3) is 3.28. The molecule has 1 amide bonds. The SMILES string of the molecule is O=C(CNC1CCc2ccccc21)Nc1ccc(F)cc1. The summed E-state index contributed by atoms with van der Waals surface area (Å²) < 4.78 is 12.8. The van der Waals surface area contributed by atoms with E-state index in [2.05, 4.69) is 22.8 Å². The Kier molecular flexibility index (Phi) is 3.97. The monoisotopic (exact) mass is 284 g/mol. The number of benzene rings is 2. The first-order valence-corrected chi connectivity index (χ1v) is 7.09. The van der Waals surface area contributed by atoms with Crippen LogP contribution in [0.5, 0.6) is 0 Å². The lowest BCUT2D eigenvalue weighted by molar-refractivity contribution is -0.115. The number of carbonyl (C=O) groups excluding carboxylic acids is 1. The van der Waals surface area contributed by atoms with Crippen molar-refractivity contribution in [3.8, 4) is 0 Å². The maximum atomic E-state index is 12.8. The molecule has 0 saturated heterocycles. The molecule has 21 heavy (non-hydrogen) atoms. The average molecular weight is 284 g/mol. The molecule has 1 aliphatic rings. The van der Waals surface area contributed by atoms with E-state index in [-0.39, 0.29) is 24.3 Å². The maximum absolute atomic E-state index is 12.8. The normalized spacial score (nSPS) is 16.5. The van der Waals surface area contributed by atoms with Crippen molar-refractivity contribution < 1.29 is 9.18 Å². The van der Waals surface area contributed by atoms with Crippen molar-refractivity contribution in [2.45, 2.75) is 18.9 Å². The van der Waals surface area contributed by atoms with Gasteiger partial charge in [-0.05, 0) is 48.2 Å². The molecule has 2 aromatic carbocycles. The number of fused-ring (bicyclic) bond motifs is 1. The lowest BCUT2D eigenvalue weighted by atomic mass is 10.1. The zero-order valence-electron chi connectivity index (χ0n) is 11.6. The van der Waals surface area contributed by atoms with E-state index in [1.165, 1.54) is 23.3 Å². The van der Waals surface area contributed by atoms with Crippen LogP contribution in [0.2, 0.25) is 0 Å². The standard InChI is InChI=1S/C17H17FN2O/c18-13-6-8-14(9-7-13)20-17(21)11-19-16-10-5-12-3-1-2-4-15(12)16/h1-4,6-9,16,19H,5,10-11H2,(H,20,21). The number of anilines is 1. The Balaban J connectivity index is 1.54. The van der Waals surface area contributed by atoms with E-state index < -0.39 is 0 Å². The van der Waals surface area contributed by atoms with Gasteiger partial charge >= 0.3 is 0 Å². The van der Waals surface area contributed by atoms with Gasteiger partial charge in [-0.1, -0.05) is 24.3 Å². The Morgan fingerprint density at radius 1 is 1.14 bits per heavy atom. The molecule has 1 unspecified atom stereocenters. The predicted molar refractivity (Wildman–Crippen MR) is 80.5 cm³/mol. The van der Waals surface area contributed by atoms with Crippen molar-refractivity contribution in [2.24, 2.45) is 0 Å². The summed E-state index contributed by atoms with van der Waals surface area (Å²) in [5.74, 6) is -0.431. The van der Waals surface area contributed by atoms with Gasteiger partial charge in [-0.3, -0.25) is 4.79 Å². The van der Waals surface area contributed by atoms with E-state index in [4.69, 9.17) is 0 Å². The molecule has 0 aliphatic heterocycles. The van der Waals surface area contributed by atoms with Crippen LogP contribution in [0, 0.1) is 5.82 Å². The minimum absolute atomic E-state index is 0.119. The molecule has 0 aromatic heterocycles. The van der Waals surface area contributed by atoms with Gasteiger partial charge in [0.25, 0.3) is 0 Å². The van der Waals surface area contributed by atoms with Crippen molar-refractivity contribution in [1.82, 2.24) is 5.32 Å². The first-order chi connectivity index (χ1) is 10.2. The smallest absolute Gasteiger partial charge is 0.238 e. The quantitative estimate of drug-likeness (QED) is 0.906. The summed E-state index contributed by atoms with van der Waals surface area (Å²) >= 11 is 0. The van der Waals surface area contributed by atoms with Gasteiger partial charge in [0, 0.05) is 11.7 Å². The number of nitrogens with one attached hydrogen (secondary N) is 2. The summed E-state index contributed by atoms with van der Waals surface area (Å²) in [4.78, 5) is 11.9. The second kappa shape index (κ2) is 6.06. The average Bonchev–Trinajstić information content (AvgIpc) is 2.91. The molecule has 0 heterocycles. The lowest BCUT2D eigenvalue weighted by Gasteiger charge is -2.14. The summed E-state index contributed by atoms with van der Waals surface area (Å²) in [6.45, 7) is 0.246. The van der Waals surface area contributed by atoms with Gasteiger partial charge in [0.1, 0.15) is 5.82 Å². The highest BCUT2D eigenvalue weighted by Gasteiger charge is 2.21. The lowest BCUT2D eigenvalue weighted by Crippen LogP contribution is -2.30. The molecule has 2 aromatic rings. The van der Waals surface area contributed by atoms with Crippen LogP contribution in [0.15, 0.2) is 48.5 Å². The van der Waals surface area contributed by atoms with Crippen LogP contribution in [0.3, 0.4) is 0 Å². The Bertz CT molecular complexity index is 639. The number of carbonyl (C=O) groups is 1. The highest BCUT2D eigenvalue weighted by atomic mass is 19.1. The second-order valence-electron chi connectivity index (χ2n) is 5.23. The number of hydrogen-bond acceptors (Lipinski definition) is 2. The van der Waals surface area contributed by atoms with E-state index in [9.17, 15) is 9.18 Å². The molecule has 0 spiro atoms. The Morgan fingerprint density at radius 2 is 1.90 bits per heavy atom. The van der Waals surface area contributed by atoms with Gasteiger partial charge in [-0.2, -0.15) is 0 Å². The Hall–Kier alpha value is -2.20. The number of hydrogen-bond donors (Lipinski definition) is 2. The van der Waals surface area contributed by atoms with Crippen LogP contribution < -0.4 is 10.6 Å². The minimum atomic E-state index is -0.311. The van der Waals surface area contributed by atoms with E-state index >= 15 is 0 Å². The van der Waals surface area contributed by atoms with Gasteiger partial charge in [-0.25, -0.2) is 4.39 Å². The van der Waals surface area contributed by atoms with Crippen LogP contribution in [-0.2, 0) is 11.2 Å². The van der Waals surface area contributed by atoms with Crippen molar-refractivity contribution in [2.75, 3.05) is 11.9 Å². The molecule has 1 aliphatic carbocycles. The highest BCUT2D eigenvalue weighted by Crippen LogP contribution is 2.30. The van der Waals surface area contributed by atoms with Gasteiger partial charge in [0.2, 0.25) is 5.91 Å². The highest BCUT2D eigenvalue weighted by molar-refractivity contribution is 5.92.